The van der Waals surface area contributed by atoms with Gasteiger partial charge < -0.3 is 9.73 Å². The molecule has 0 saturated carbocycles. The van der Waals surface area contributed by atoms with Gasteiger partial charge in [0, 0.05) is 29.0 Å². The van der Waals surface area contributed by atoms with Crippen LogP contribution in [0, 0.1) is 6.92 Å². The maximum Gasteiger partial charge on any atom is 0.287 e. The predicted molar refractivity (Wildman–Crippen MR) is 113 cm³/mol. The lowest BCUT2D eigenvalue weighted by Gasteiger charge is -2.13. The van der Waals surface area contributed by atoms with Crippen LogP contribution in [0.25, 0.3) is 0 Å². The minimum absolute atomic E-state index is 0.154. The standard InChI is InChI=1S/C22H23N3O2S/c1-15-20-18(25-24-16-7-3-2-4-8-16)10-5-11-19(20)27-21(15)22(26)23-13-12-17-9-6-14-28-17/h2-4,6-9,14,24H,5,10-13H2,1H3,(H,23,26)/b25-18+. The highest BCUT2D eigenvalue weighted by Gasteiger charge is 2.27. The average Bonchev–Trinajstić information content (AvgIpc) is 3.35. The number of para-hydroxylation sites is 1. The highest BCUT2D eigenvalue weighted by molar-refractivity contribution is 7.09. The molecule has 2 heterocycles. The first-order valence-corrected chi connectivity index (χ1v) is 10.4. The third kappa shape index (κ3) is 4.02. The first kappa shape index (κ1) is 18.5. The van der Waals surface area contributed by atoms with Gasteiger partial charge in [-0.05, 0) is 49.8 Å². The molecule has 0 atom stereocenters. The number of hydrogen-bond donors (Lipinski definition) is 2. The monoisotopic (exact) mass is 393 g/mol. The van der Waals surface area contributed by atoms with Crippen molar-refractivity contribution in [3.8, 4) is 0 Å². The van der Waals surface area contributed by atoms with Crippen LogP contribution in [0.3, 0.4) is 0 Å². The molecule has 0 fully saturated rings. The lowest BCUT2D eigenvalue weighted by atomic mass is 9.93. The number of anilines is 1. The van der Waals surface area contributed by atoms with E-state index in [9.17, 15) is 4.79 Å². The molecule has 0 spiro atoms. The van der Waals surface area contributed by atoms with Crippen LogP contribution in [0.4, 0.5) is 5.69 Å². The van der Waals surface area contributed by atoms with E-state index in [1.54, 1.807) is 11.3 Å². The van der Waals surface area contributed by atoms with Crippen molar-refractivity contribution in [2.75, 3.05) is 12.0 Å². The van der Waals surface area contributed by atoms with Gasteiger partial charge in [-0.2, -0.15) is 5.10 Å². The molecule has 6 heteroatoms. The zero-order valence-electron chi connectivity index (χ0n) is 15.8. The van der Waals surface area contributed by atoms with Crippen LogP contribution in [0.1, 0.15) is 45.2 Å². The van der Waals surface area contributed by atoms with Crippen molar-refractivity contribution in [3.63, 3.8) is 0 Å². The Hall–Kier alpha value is -2.86. The topological polar surface area (TPSA) is 66.6 Å². The number of carbonyl (C=O) groups is 1. The molecule has 2 N–H and O–H groups in total. The second-order valence-electron chi connectivity index (χ2n) is 6.83. The molecule has 0 unspecified atom stereocenters. The van der Waals surface area contributed by atoms with Crippen LogP contribution in [0.15, 0.2) is 57.4 Å². The van der Waals surface area contributed by atoms with Gasteiger partial charge >= 0.3 is 0 Å². The molecule has 2 aromatic heterocycles. The molecule has 3 aromatic rings. The van der Waals surface area contributed by atoms with Gasteiger partial charge in [-0.15, -0.1) is 11.3 Å². The third-order valence-electron chi connectivity index (χ3n) is 4.86. The molecule has 4 rings (SSSR count). The largest absolute Gasteiger partial charge is 0.455 e. The normalized spacial score (nSPS) is 14.7. The molecule has 28 heavy (non-hydrogen) atoms. The minimum atomic E-state index is -0.154. The Bertz CT molecular complexity index is 975. The summed E-state index contributed by atoms with van der Waals surface area (Å²) in [6.07, 6.45) is 3.50. The number of carbonyl (C=O) groups excluding carboxylic acids is 1. The summed E-state index contributed by atoms with van der Waals surface area (Å²) in [4.78, 5) is 13.9. The Balaban J connectivity index is 1.49. The van der Waals surface area contributed by atoms with E-state index in [1.165, 1.54) is 4.88 Å². The van der Waals surface area contributed by atoms with Gasteiger partial charge in [0.2, 0.25) is 0 Å². The smallest absolute Gasteiger partial charge is 0.287 e. The van der Waals surface area contributed by atoms with Gasteiger partial charge in [0.25, 0.3) is 5.91 Å². The van der Waals surface area contributed by atoms with Crippen LogP contribution in [0.2, 0.25) is 0 Å². The number of aryl methyl sites for hydroxylation is 1. The Labute approximate surface area is 168 Å². The lowest BCUT2D eigenvalue weighted by molar-refractivity contribution is 0.0924. The average molecular weight is 394 g/mol. The number of hydrazone groups is 1. The molecule has 0 radical (unpaired) electrons. The first-order chi connectivity index (χ1) is 13.7. The van der Waals surface area contributed by atoms with E-state index in [0.29, 0.717) is 12.3 Å². The van der Waals surface area contributed by atoms with E-state index in [4.69, 9.17) is 4.42 Å². The Morgan fingerprint density at radius 3 is 2.82 bits per heavy atom. The molecular formula is C22H23N3O2S. The van der Waals surface area contributed by atoms with Crippen molar-refractivity contribution in [3.05, 3.63) is 75.4 Å². The first-order valence-electron chi connectivity index (χ1n) is 9.53. The maximum atomic E-state index is 12.6. The quantitative estimate of drug-likeness (QED) is 0.593. The van der Waals surface area contributed by atoms with Gasteiger partial charge in [0.15, 0.2) is 5.76 Å². The third-order valence-corrected chi connectivity index (χ3v) is 5.80. The van der Waals surface area contributed by atoms with E-state index in [1.807, 2.05) is 48.7 Å². The molecule has 144 valence electrons. The van der Waals surface area contributed by atoms with Gasteiger partial charge in [0.1, 0.15) is 5.76 Å². The van der Waals surface area contributed by atoms with E-state index in [-0.39, 0.29) is 5.91 Å². The van der Waals surface area contributed by atoms with Gasteiger partial charge in [-0.25, -0.2) is 0 Å². The Kier molecular flexibility index (Phi) is 5.58. The Morgan fingerprint density at radius 2 is 2.04 bits per heavy atom. The number of benzene rings is 1. The zero-order valence-corrected chi connectivity index (χ0v) is 16.6. The summed E-state index contributed by atoms with van der Waals surface area (Å²) in [5, 5.41) is 9.63. The number of nitrogens with one attached hydrogen (secondary N) is 2. The van der Waals surface area contributed by atoms with E-state index < -0.39 is 0 Å². The number of furan rings is 1. The number of fused-ring (bicyclic) bond motifs is 1. The Morgan fingerprint density at radius 1 is 1.18 bits per heavy atom. The molecule has 5 nitrogen and oxygen atoms in total. The summed E-state index contributed by atoms with van der Waals surface area (Å²) in [6.45, 7) is 2.54. The summed E-state index contributed by atoms with van der Waals surface area (Å²) in [6, 6.07) is 14.0. The highest BCUT2D eigenvalue weighted by atomic mass is 32.1. The van der Waals surface area contributed by atoms with Crippen LogP contribution in [-0.4, -0.2) is 18.2 Å². The van der Waals surface area contributed by atoms with E-state index in [2.05, 4.69) is 21.9 Å². The number of hydrogen-bond acceptors (Lipinski definition) is 5. The molecule has 0 aliphatic heterocycles. The molecule has 1 aliphatic carbocycles. The number of amides is 1. The minimum Gasteiger partial charge on any atom is -0.455 e. The summed E-state index contributed by atoms with van der Waals surface area (Å²) < 4.78 is 5.95. The van der Waals surface area contributed by atoms with Gasteiger partial charge in [-0.1, -0.05) is 24.3 Å². The van der Waals surface area contributed by atoms with Crippen molar-refractivity contribution < 1.29 is 9.21 Å². The van der Waals surface area contributed by atoms with Crippen molar-refractivity contribution in [2.45, 2.75) is 32.6 Å². The zero-order chi connectivity index (χ0) is 19.3. The molecular weight excluding hydrogens is 370 g/mol. The number of rotatable bonds is 6. The fourth-order valence-corrected chi connectivity index (χ4v) is 4.18. The highest BCUT2D eigenvalue weighted by Crippen LogP contribution is 2.30. The summed E-state index contributed by atoms with van der Waals surface area (Å²) in [7, 11) is 0. The van der Waals surface area contributed by atoms with Crippen LogP contribution in [0.5, 0.6) is 0 Å². The van der Waals surface area contributed by atoms with Crippen molar-refractivity contribution in [1.82, 2.24) is 5.32 Å². The lowest BCUT2D eigenvalue weighted by Crippen LogP contribution is -2.25. The number of nitrogens with zero attached hydrogens (tertiary/aromatic N) is 1. The SMILES string of the molecule is Cc1c(C(=O)NCCc2cccs2)oc2c1/C(=N/Nc1ccccc1)CCC2. The number of thiophene rings is 1. The second-order valence-corrected chi connectivity index (χ2v) is 7.86. The fraction of sp³-hybridized carbons (Fsp3) is 0.273. The van der Waals surface area contributed by atoms with E-state index in [0.717, 1.165) is 54.0 Å². The summed E-state index contributed by atoms with van der Waals surface area (Å²) in [5.41, 5.74) is 6.86. The molecule has 1 aromatic carbocycles. The van der Waals surface area contributed by atoms with Gasteiger partial charge in [0.05, 0.1) is 11.4 Å². The van der Waals surface area contributed by atoms with Crippen LogP contribution < -0.4 is 10.7 Å². The molecule has 1 amide bonds. The molecule has 0 bridgehead atoms. The maximum absolute atomic E-state index is 12.6. The summed E-state index contributed by atoms with van der Waals surface area (Å²) >= 11 is 1.70. The van der Waals surface area contributed by atoms with Crippen LogP contribution >= 0.6 is 11.3 Å². The van der Waals surface area contributed by atoms with Crippen LogP contribution in [-0.2, 0) is 12.8 Å². The molecule has 0 saturated heterocycles. The second kappa shape index (κ2) is 8.44. The van der Waals surface area contributed by atoms with Crippen molar-refractivity contribution >= 4 is 28.6 Å². The van der Waals surface area contributed by atoms with Gasteiger partial charge in [-0.3, -0.25) is 10.2 Å². The van der Waals surface area contributed by atoms with E-state index >= 15 is 0 Å². The van der Waals surface area contributed by atoms with Crippen molar-refractivity contribution in [1.29, 1.82) is 0 Å². The molecule has 1 aliphatic rings. The van der Waals surface area contributed by atoms with Crippen molar-refractivity contribution in [2.24, 2.45) is 5.10 Å². The summed E-state index contributed by atoms with van der Waals surface area (Å²) in [5.74, 6) is 1.12. The predicted octanol–water partition coefficient (Wildman–Crippen LogP) is 4.77. The fourth-order valence-electron chi connectivity index (χ4n) is 3.48.